The van der Waals surface area contributed by atoms with E-state index in [0.29, 0.717) is 25.5 Å². The smallest absolute Gasteiger partial charge is 0.223 e. The van der Waals surface area contributed by atoms with Crippen LogP contribution in [0.4, 0.5) is 0 Å². The number of nitrogens with one attached hydrogen (secondary N) is 1. The first kappa shape index (κ1) is 23.6. The van der Waals surface area contributed by atoms with E-state index < -0.39 is 10.0 Å². The van der Waals surface area contributed by atoms with Gasteiger partial charge in [0.25, 0.3) is 0 Å². The molecule has 2 rings (SSSR count). The number of piperidine rings is 1. The summed E-state index contributed by atoms with van der Waals surface area (Å²) in [4.78, 5) is 14.7. The van der Waals surface area contributed by atoms with Gasteiger partial charge < -0.3 is 9.64 Å². The standard InChI is InChI=1S/C21H40N2O4S/c1-15(2)13-21(24)23-12-6-7-19(22-28(5,25)26)20(23)14-27-18-10-8-17(9-11-18)16(3)4/h15-20,22H,6-14H2,1-5H3/t17?,18?,19-,20-/m0/s1. The van der Waals surface area contributed by atoms with Gasteiger partial charge in [-0.15, -0.1) is 0 Å². The van der Waals surface area contributed by atoms with Gasteiger partial charge in [-0.25, -0.2) is 13.1 Å². The van der Waals surface area contributed by atoms with Crippen molar-refractivity contribution in [2.75, 3.05) is 19.4 Å². The molecule has 0 aromatic carbocycles. The number of hydrogen-bond donors (Lipinski definition) is 1. The number of nitrogens with zero attached hydrogens (tertiary/aromatic N) is 1. The van der Waals surface area contributed by atoms with Crippen molar-refractivity contribution >= 4 is 15.9 Å². The molecule has 1 aliphatic heterocycles. The third-order valence-corrected chi connectivity index (χ3v) is 6.94. The van der Waals surface area contributed by atoms with Crippen molar-refractivity contribution in [2.24, 2.45) is 17.8 Å². The first-order valence-corrected chi connectivity index (χ1v) is 12.8. The minimum absolute atomic E-state index is 0.104. The largest absolute Gasteiger partial charge is 0.376 e. The Bertz CT molecular complexity index is 598. The molecule has 1 saturated heterocycles. The lowest BCUT2D eigenvalue weighted by Gasteiger charge is -2.42. The van der Waals surface area contributed by atoms with Crippen molar-refractivity contribution in [3.05, 3.63) is 0 Å². The first-order chi connectivity index (χ1) is 13.1. The van der Waals surface area contributed by atoms with E-state index >= 15 is 0 Å². The monoisotopic (exact) mass is 416 g/mol. The van der Waals surface area contributed by atoms with Gasteiger partial charge in [0.15, 0.2) is 0 Å². The zero-order chi connectivity index (χ0) is 20.9. The fourth-order valence-corrected chi connectivity index (χ4v) is 5.43. The van der Waals surface area contributed by atoms with Crippen LogP contribution in [0.3, 0.4) is 0 Å². The van der Waals surface area contributed by atoms with Crippen LogP contribution in [0.15, 0.2) is 0 Å². The van der Waals surface area contributed by atoms with Crippen LogP contribution in [0, 0.1) is 17.8 Å². The van der Waals surface area contributed by atoms with Crippen LogP contribution in [0.1, 0.15) is 72.6 Å². The molecule has 1 amide bonds. The fraction of sp³-hybridized carbons (Fsp3) is 0.952. The lowest BCUT2D eigenvalue weighted by molar-refractivity contribution is -0.139. The van der Waals surface area contributed by atoms with E-state index in [-0.39, 0.29) is 30.0 Å². The lowest BCUT2D eigenvalue weighted by Crippen LogP contribution is -2.59. The van der Waals surface area contributed by atoms with Gasteiger partial charge in [-0.3, -0.25) is 4.79 Å². The minimum Gasteiger partial charge on any atom is -0.376 e. The third-order valence-electron chi connectivity index (χ3n) is 6.21. The molecule has 0 radical (unpaired) electrons. The van der Waals surface area contributed by atoms with Crippen molar-refractivity contribution in [3.63, 3.8) is 0 Å². The third kappa shape index (κ3) is 7.30. The van der Waals surface area contributed by atoms with E-state index in [1.54, 1.807) is 0 Å². The second kappa shape index (κ2) is 10.4. The Hall–Kier alpha value is -0.660. The van der Waals surface area contributed by atoms with E-state index in [2.05, 4.69) is 18.6 Å². The number of likely N-dealkylation sites (tertiary alicyclic amines) is 1. The molecule has 0 bridgehead atoms. The Morgan fingerprint density at radius 1 is 1.11 bits per heavy atom. The maximum absolute atomic E-state index is 12.8. The Kier molecular flexibility index (Phi) is 8.77. The second-order valence-electron chi connectivity index (χ2n) is 9.51. The van der Waals surface area contributed by atoms with Crippen molar-refractivity contribution < 1.29 is 17.9 Å². The highest BCUT2D eigenvalue weighted by atomic mass is 32.2. The first-order valence-electron chi connectivity index (χ1n) is 10.9. The molecule has 0 aromatic rings. The summed E-state index contributed by atoms with van der Waals surface area (Å²) in [6, 6.07) is -0.496. The van der Waals surface area contributed by atoms with Crippen LogP contribution in [0.5, 0.6) is 0 Å². The van der Waals surface area contributed by atoms with Gasteiger partial charge in [-0.1, -0.05) is 27.7 Å². The average Bonchev–Trinajstić information content (AvgIpc) is 2.58. The number of sulfonamides is 1. The summed E-state index contributed by atoms with van der Waals surface area (Å²) in [5.41, 5.74) is 0. The molecule has 1 N–H and O–H groups in total. The number of amides is 1. The highest BCUT2D eigenvalue weighted by Gasteiger charge is 2.36. The van der Waals surface area contributed by atoms with Crippen molar-refractivity contribution in [3.8, 4) is 0 Å². The highest BCUT2D eigenvalue weighted by Crippen LogP contribution is 2.32. The zero-order valence-electron chi connectivity index (χ0n) is 18.3. The van der Waals surface area contributed by atoms with Gasteiger partial charge in [0.05, 0.1) is 25.0 Å². The van der Waals surface area contributed by atoms with Crippen LogP contribution in [-0.2, 0) is 19.6 Å². The minimum atomic E-state index is -3.33. The Balaban J connectivity index is 2.02. The van der Waals surface area contributed by atoms with Crippen molar-refractivity contribution in [1.82, 2.24) is 9.62 Å². The zero-order valence-corrected chi connectivity index (χ0v) is 19.1. The number of rotatable bonds is 8. The van der Waals surface area contributed by atoms with Crippen molar-refractivity contribution in [1.29, 1.82) is 0 Å². The van der Waals surface area contributed by atoms with Crippen LogP contribution < -0.4 is 4.72 Å². The maximum atomic E-state index is 12.8. The van der Waals surface area contributed by atoms with E-state index in [9.17, 15) is 13.2 Å². The molecule has 0 unspecified atom stereocenters. The molecule has 164 valence electrons. The van der Waals surface area contributed by atoms with Crippen LogP contribution >= 0.6 is 0 Å². The van der Waals surface area contributed by atoms with Crippen LogP contribution in [0.2, 0.25) is 0 Å². The van der Waals surface area contributed by atoms with Gasteiger partial charge in [-0.2, -0.15) is 0 Å². The van der Waals surface area contributed by atoms with Crippen LogP contribution in [0.25, 0.3) is 0 Å². The molecule has 2 aliphatic rings. The summed E-state index contributed by atoms with van der Waals surface area (Å²) >= 11 is 0. The average molecular weight is 417 g/mol. The number of carbonyl (C=O) groups excluding carboxylic acids is 1. The molecule has 1 heterocycles. The molecule has 0 spiro atoms. The van der Waals surface area contributed by atoms with Gasteiger partial charge in [0.2, 0.25) is 15.9 Å². The molecular weight excluding hydrogens is 376 g/mol. The molecule has 1 aliphatic carbocycles. The molecule has 2 atom stereocenters. The molecular formula is C21H40N2O4S. The number of carbonyl (C=O) groups is 1. The molecule has 6 nitrogen and oxygen atoms in total. The number of hydrogen-bond acceptors (Lipinski definition) is 4. The summed E-state index contributed by atoms with van der Waals surface area (Å²) < 4.78 is 32.7. The van der Waals surface area contributed by atoms with Gasteiger partial charge in [-0.05, 0) is 56.3 Å². The Morgan fingerprint density at radius 2 is 1.75 bits per heavy atom. The van der Waals surface area contributed by atoms with Crippen LogP contribution in [-0.4, -0.2) is 56.8 Å². The quantitative estimate of drug-likeness (QED) is 0.659. The molecule has 7 heteroatoms. The molecule has 2 fully saturated rings. The summed E-state index contributed by atoms with van der Waals surface area (Å²) in [6.45, 7) is 9.73. The lowest BCUT2D eigenvalue weighted by atomic mass is 9.80. The summed E-state index contributed by atoms with van der Waals surface area (Å²) in [6.07, 6.45) is 7.94. The van der Waals surface area contributed by atoms with E-state index in [1.165, 1.54) is 19.1 Å². The predicted molar refractivity (Wildman–Crippen MR) is 112 cm³/mol. The maximum Gasteiger partial charge on any atom is 0.223 e. The number of ether oxygens (including phenoxy) is 1. The van der Waals surface area contributed by atoms with E-state index in [4.69, 9.17) is 4.74 Å². The SMILES string of the molecule is CC(C)CC(=O)N1CCC[C@H](NS(C)(=O)=O)[C@@H]1COC1CCC(C(C)C)CC1. The second-order valence-corrected chi connectivity index (χ2v) is 11.3. The van der Waals surface area contributed by atoms with Gasteiger partial charge in [0, 0.05) is 19.0 Å². The topological polar surface area (TPSA) is 75.7 Å². The molecule has 28 heavy (non-hydrogen) atoms. The van der Waals surface area contributed by atoms with Gasteiger partial charge >= 0.3 is 0 Å². The van der Waals surface area contributed by atoms with Gasteiger partial charge in [0.1, 0.15) is 0 Å². The predicted octanol–water partition coefficient (Wildman–Crippen LogP) is 3.17. The summed E-state index contributed by atoms with van der Waals surface area (Å²) in [7, 11) is -3.33. The summed E-state index contributed by atoms with van der Waals surface area (Å²) in [5.74, 6) is 1.88. The van der Waals surface area contributed by atoms with E-state index in [1.807, 2.05) is 18.7 Å². The highest BCUT2D eigenvalue weighted by molar-refractivity contribution is 7.88. The Morgan fingerprint density at radius 3 is 2.29 bits per heavy atom. The fourth-order valence-electron chi connectivity index (χ4n) is 4.61. The summed E-state index contributed by atoms with van der Waals surface area (Å²) in [5, 5.41) is 0. The normalized spacial score (nSPS) is 29.5. The molecule has 0 aromatic heterocycles. The van der Waals surface area contributed by atoms with E-state index in [0.717, 1.165) is 31.6 Å². The molecule has 1 saturated carbocycles. The van der Waals surface area contributed by atoms with Crippen molar-refractivity contribution in [2.45, 2.75) is 90.8 Å². The Labute approximate surface area is 171 Å².